The van der Waals surface area contributed by atoms with Gasteiger partial charge >= 0.3 is 0 Å². The Kier molecular flexibility index (Phi) is 5.04. The number of hydrogen-bond acceptors (Lipinski definition) is 5. The second kappa shape index (κ2) is 7.19. The number of nitrogens with one attached hydrogen (secondary N) is 1. The normalized spacial score (nSPS) is 22.0. The number of carbonyl (C=O) groups excluding carboxylic acids is 1. The van der Waals surface area contributed by atoms with Gasteiger partial charge in [0.15, 0.2) is 5.82 Å². The molecule has 1 saturated carbocycles. The summed E-state index contributed by atoms with van der Waals surface area (Å²) in [5, 5.41) is 7.15. The van der Waals surface area contributed by atoms with Crippen molar-refractivity contribution in [2.45, 2.75) is 38.7 Å². The van der Waals surface area contributed by atoms with E-state index in [1.165, 1.54) is 12.8 Å². The van der Waals surface area contributed by atoms with Crippen LogP contribution in [0.2, 0.25) is 0 Å². The Morgan fingerprint density at radius 3 is 3.14 bits per heavy atom. The molecule has 22 heavy (non-hydrogen) atoms. The van der Waals surface area contributed by atoms with Gasteiger partial charge in [0.05, 0.1) is 19.8 Å². The first-order valence-corrected chi connectivity index (χ1v) is 8.14. The lowest BCUT2D eigenvalue weighted by atomic mass is 10.2. The fourth-order valence-corrected chi connectivity index (χ4v) is 2.52. The zero-order valence-electron chi connectivity index (χ0n) is 13.1. The van der Waals surface area contributed by atoms with E-state index in [0.29, 0.717) is 38.0 Å². The summed E-state index contributed by atoms with van der Waals surface area (Å²) in [4.78, 5) is 18.4. The Morgan fingerprint density at radius 1 is 1.50 bits per heavy atom. The molecule has 0 radical (unpaired) electrons. The van der Waals surface area contributed by atoms with Gasteiger partial charge in [0, 0.05) is 13.0 Å². The van der Waals surface area contributed by atoms with Crippen LogP contribution < -0.4 is 0 Å². The van der Waals surface area contributed by atoms with Gasteiger partial charge < -0.3 is 14.4 Å². The number of hydrogen-bond donors (Lipinski definition) is 1. The third-order valence-corrected chi connectivity index (χ3v) is 4.02. The molecular formula is C15H24N4O3. The molecule has 2 heterocycles. The first-order chi connectivity index (χ1) is 10.8. The maximum atomic E-state index is 12.2. The van der Waals surface area contributed by atoms with Gasteiger partial charge in [-0.1, -0.05) is 6.92 Å². The molecule has 2 aliphatic rings. The predicted octanol–water partition coefficient (Wildman–Crippen LogP) is 1.08. The van der Waals surface area contributed by atoms with E-state index in [9.17, 15) is 4.79 Å². The fraction of sp³-hybridized carbons (Fsp3) is 0.800. The topological polar surface area (TPSA) is 80.3 Å². The summed E-state index contributed by atoms with van der Waals surface area (Å²) in [6, 6.07) is 0. The van der Waals surface area contributed by atoms with Crippen molar-refractivity contribution in [2.75, 3.05) is 32.9 Å². The van der Waals surface area contributed by atoms with Gasteiger partial charge in [-0.05, 0) is 25.2 Å². The van der Waals surface area contributed by atoms with Gasteiger partial charge in [-0.15, -0.1) is 0 Å². The Morgan fingerprint density at radius 2 is 2.36 bits per heavy atom. The SMILES string of the molecule is CCCc1nc(C2CN(C(=O)COCC3CC3)CCO2)n[nH]1. The van der Waals surface area contributed by atoms with Crippen molar-refractivity contribution >= 4 is 5.91 Å². The molecule has 1 atom stereocenters. The van der Waals surface area contributed by atoms with Gasteiger partial charge in [-0.25, -0.2) is 4.98 Å². The number of morpholine rings is 1. The van der Waals surface area contributed by atoms with Crippen molar-refractivity contribution < 1.29 is 14.3 Å². The minimum atomic E-state index is -0.247. The molecule has 3 rings (SSSR count). The molecule has 1 aromatic heterocycles. The molecule has 1 aliphatic carbocycles. The second-order valence-corrected chi connectivity index (χ2v) is 6.05. The first-order valence-electron chi connectivity index (χ1n) is 8.14. The van der Waals surface area contributed by atoms with E-state index in [1.54, 1.807) is 4.90 Å². The Balaban J connectivity index is 1.49. The average Bonchev–Trinajstić information content (AvgIpc) is 3.24. The molecule has 1 aliphatic heterocycles. The summed E-state index contributed by atoms with van der Waals surface area (Å²) in [5.74, 6) is 2.21. The molecule has 1 amide bonds. The van der Waals surface area contributed by atoms with Crippen LogP contribution in [0.4, 0.5) is 0 Å². The first kappa shape index (κ1) is 15.4. The molecule has 1 unspecified atom stereocenters. The maximum absolute atomic E-state index is 12.2. The van der Waals surface area contributed by atoms with Crippen LogP contribution in [0.3, 0.4) is 0 Å². The van der Waals surface area contributed by atoms with Gasteiger partial charge in [0.2, 0.25) is 5.91 Å². The minimum Gasteiger partial charge on any atom is -0.371 e. The molecule has 2 fully saturated rings. The highest BCUT2D eigenvalue weighted by Crippen LogP contribution is 2.28. The number of rotatable bonds is 7. The van der Waals surface area contributed by atoms with Crippen molar-refractivity contribution in [1.29, 1.82) is 0 Å². The quantitative estimate of drug-likeness (QED) is 0.815. The van der Waals surface area contributed by atoms with E-state index >= 15 is 0 Å². The van der Waals surface area contributed by atoms with Gasteiger partial charge in [-0.3, -0.25) is 9.89 Å². The number of nitrogens with zero attached hydrogens (tertiary/aromatic N) is 3. The van der Waals surface area contributed by atoms with Crippen LogP contribution in [0.15, 0.2) is 0 Å². The summed E-state index contributed by atoms with van der Waals surface area (Å²) in [6.07, 6.45) is 4.11. The number of amides is 1. The highest BCUT2D eigenvalue weighted by atomic mass is 16.5. The zero-order chi connectivity index (χ0) is 15.4. The molecule has 1 aromatic rings. The number of aryl methyl sites for hydroxylation is 1. The van der Waals surface area contributed by atoms with Crippen LogP contribution in [0.1, 0.15) is 43.9 Å². The molecule has 7 nitrogen and oxygen atoms in total. The Bertz CT molecular complexity index is 501. The van der Waals surface area contributed by atoms with Gasteiger partial charge in [0.25, 0.3) is 0 Å². The third-order valence-electron chi connectivity index (χ3n) is 4.02. The molecule has 0 spiro atoms. The predicted molar refractivity (Wildman–Crippen MR) is 79.2 cm³/mol. The Hall–Kier alpha value is -1.47. The molecule has 7 heteroatoms. The molecule has 122 valence electrons. The van der Waals surface area contributed by atoms with Crippen LogP contribution in [-0.2, 0) is 20.7 Å². The van der Waals surface area contributed by atoms with Crippen LogP contribution in [0.25, 0.3) is 0 Å². The highest BCUT2D eigenvalue weighted by Gasteiger charge is 2.28. The smallest absolute Gasteiger partial charge is 0.248 e. The van der Waals surface area contributed by atoms with E-state index < -0.39 is 0 Å². The van der Waals surface area contributed by atoms with E-state index in [2.05, 4.69) is 22.1 Å². The van der Waals surface area contributed by atoms with Crippen molar-refractivity contribution in [2.24, 2.45) is 5.92 Å². The number of aromatic amines is 1. The van der Waals surface area contributed by atoms with Crippen molar-refractivity contribution in [3.8, 4) is 0 Å². The van der Waals surface area contributed by atoms with Crippen molar-refractivity contribution in [3.63, 3.8) is 0 Å². The summed E-state index contributed by atoms with van der Waals surface area (Å²) in [7, 11) is 0. The maximum Gasteiger partial charge on any atom is 0.248 e. The summed E-state index contributed by atoms with van der Waals surface area (Å²) in [6.45, 7) is 4.58. The standard InChI is InChI=1S/C15H24N4O3/c1-2-3-13-16-15(18-17-13)12-8-19(6-7-22-12)14(20)10-21-9-11-4-5-11/h11-12H,2-10H2,1H3,(H,16,17,18). The molecule has 0 aromatic carbocycles. The lowest BCUT2D eigenvalue weighted by Gasteiger charge is -2.31. The molecule has 0 bridgehead atoms. The van der Waals surface area contributed by atoms with Crippen LogP contribution in [0, 0.1) is 5.92 Å². The van der Waals surface area contributed by atoms with Gasteiger partial charge in [-0.2, -0.15) is 5.10 Å². The molecular weight excluding hydrogens is 284 g/mol. The monoisotopic (exact) mass is 308 g/mol. The lowest BCUT2D eigenvalue weighted by Crippen LogP contribution is -2.44. The summed E-state index contributed by atoms with van der Waals surface area (Å²) >= 11 is 0. The van der Waals surface area contributed by atoms with Crippen LogP contribution in [0.5, 0.6) is 0 Å². The van der Waals surface area contributed by atoms with Crippen LogP contribution in [-0.4, -0.2) is 58.9 Å². The number of ether oxygens (including phenoxy) is 2. The van der Waals surface area contributed by atoms with E-state index in [0.717, 1.165) is 18.7 Å². The number of carbonyl (C=O) groups is 1. The number of H-pyrrole nitrogens is 1. The van der Waals surface area contributed by atoms with E-state index in [4.69, 9.17) is 9.47 Å². The van der Waals surface area contributed by atoms with E-state index in [-0.39, 0.29) is 18.6 Å². The molecule has 1 N–H and O–H groups in total. The lowest BCUT2D eigenvalue weighted by molar-refractivity contribution is -0.144. The van der Waals surface area contributed by atoms with Crippen molar-refractivity contribution in [1.82, 2.24) is 20.1 Å². The largest absolute Gasteiger partial charge is 0.371 e. The highest BCUT2D eigenvalue weighted by molar-refractivity contribution is 5.77. The molecule has 1 saturated heterocycles. The summed E-state index contributed by atoms with van der Waals surface area (Å²) < 4.78 is 11.2. The average molecular weight is 308 g/mol. The van der Waals surface area contributed by atoms with E-state index in [1.807, 2.05) is 0 Å². The van der Waals surface area contributed by atoms with Crippen LogP contribution >= 0.6 is 0 Å². The minimum absolute atomic E-state index is 0.0262. The second-order valence-electron chi connectivity index (χ2n) is 6.05. The zero-order valence-corrected chi connectivity index (χ0v) is 13.1. The fourth-order valence-electron chi connectivity index (χ4n) is 2.52. The number of aromatic nitrogens is 3. The third kappa shape index (κ3) is 4.04. The summed E-state index contributed by atoms with van der Waals surface area (Å²) in [5.41, 5.74) is 0. The van der Waals surface area contributed by atoms with Gasteiger partial charge in [0.1, 0.15) is 18.5 Å². The van der Waals surface area contributed by atoms with Crippen molar-refractivity contribution in [3.05, 3.63) is 11.6 Å². The Labute approximate surface area is 130 Å².